The van der Waals surface area contributed by atoms with Crippen LogP contribution in [0.15, 0.2) is 21.8 Å². The lowest BCUT2D eigenvalue weighted by Crippen LogP contribution is -2.55. The Bertz CT molecular complexity index is 1040. The fourth-order valence-corrected chi connectivity index (χ4v) is 6.05. The number of Topliss-reactive ketones (excluding diaryl/α,β-unsaturated/α-hetero) is 2. The van der Waals surface area contributed by atoms with Crippen molar-refractivity contribution in [1.82, 2.24) is 0 Å². The molecule has 7 heteroatoms. The summed E-state index contributed by atoms with van der Waals surface area (Å²) >= 11 is 0. The number of ether oxygens (including phenoxy) is 2. The third kappa shape index (κ3) is 2.03. The average molecular weight is 398 g/mol. The van der Waals surface area contributed by atoms with E-state index < -0.39 is 35.0 Å². The highest BCUT2D eigenvalue weighted by Gasteiger charge is 2.63. The van der Waals surface area contributed by atoms with Crippen molar-refractivity contribution >= 4 is 23.5 Å². The Labute approximate surface area is 167 Å². The van der Waals surface area contributed by atoms with Gasteiger partial charge < -0.3 is 13.9 Å². The number of carbonyl (C=O) groups is 4. The lowest BCUT2D eigenvalue weighted by molar-refractivity contribution is -0.149. The zero-order chi connectivity index (χ0) is 20.9. The summed E-state index contributed by atoms with van der Waals surface area (Å²) in [6.07, 6.45) is 1.22. The van der Waals surface area contributed by atoms with Crippen molar-refractivity contribution in [3.05, 3.63) is 34.3 Å². The van der Waals surface area contributed by atoms with Crippen LogP contribution in [0, 0.1) is 11.3 Å². The largest absolute Gasteiger partial charge is 0.460 e. The SMILES string of the molecule is CC(=O)O[C@@H]1C[C@]2(C)C(=O)CC[C@H]2C2=C1[C@]1(C)c3c(coc3C2=O)C(=O)O[C@@H]1C. The highest BCUT2D eigenvalue weighted by molar-refractivity contribution is 6.14. The number of carbonyl (C=O) groups excluding carboxylic acids is 4. The van der Waals surface area contributed by atoms with Gasteiger partial charge in [-0.05, 0) is 25.8 Å². The van der Waals surface area contributed by atoms with Crippen LogP contribution < -0.4 is 0 Å². The van der Waals surface area contributed by atoms with Crippen LogP contribution in [0.4, 0.5) is 0 Å². The van der Waals surface area contributed by atoms with Gasteiger partial charge in [-0.1, -0.05) is 6.92 Å². The minimum absolute atomic E-state index is 0.0817. The van der Waals surface area contributed by atoms with Gasteiger partial charge in [0.25, 0.3) is 0 Å². The van der Waals surface area contributed by atoms with Crippen molar-refractivity contribution in [3.8, 4) is 0 Å². The second-order valence-corrected chi connectivity index (χ2v) is 8.99. The first-order chi connectivity index (χ1) is 13.6. The van der Waals surface area contributed by atoms with E-state index >= 15 is 0 Å². The van der Waals surface area contributed by atoms with Crippen LogP contribution in [-0.2, 0) is 24.5 Å². The molecule has 0 amide bonds. The van der Waals surface area contributed by atoms with Crippen LogP contribution in [0.1, 0.15) is 73.4 Å². The molecule has 0 spiro atoms. The van der Waals surface area contributed by atoms with E-state index in [1.54, 1.807) is 6.92 Å². The molecule has 0 saturated heterocycles. The normalized spacial score (nSPS) is 37.7. The number of hydrogen-bond acceptors (Lipinski definition) is 7. The van der Waals surface area contributed by atoms with Gasteiger partial charge in [-0.15, -0.1) is 0 Å². The van der Waals surface area contributed by atoms with Crippen molar-refractivity contribution in [3.63, 3.8) is 0 Å². The molecule has 29 heavy (non-hydrogen) atoms. The molecular formula is C22H22O7. The topological polar surface area (TPSA) is 99.9 Å². The molecule has 0 aromatic carbocycles. The van der Waals surface area contributed by atoms with Gasteiger partial charge in [0.2, 0.25) is 5.78 Å². The molecule has 5 rings (SSSR count). The molecule has 7 nitrogen and oxygen atoms in total. The minimum atomic E-state index is -0.873. The van der Waals surface area contributed by atoms with Gasteiger partial charge in [-0.25, -0.2) is 4.79 Å². The van der Waals surface area contributed by atoms with Gasteiger partial charge in [0.1, 0.15) is 29.8 Å². The summed E-state index contributed by atoms with van der Waals surface area (Å²) in [4.78, 5) is 50.7. The van der Waals surface area contributed by atoms with E-state index in [0.29, 0.717) is 36.0 Å². The summed E-state index contributed by atoms with van der Waals surface area (Å²) in [6, 6.07) is 0. The first-order valence-electron chi connectivity index (χ1n) is 9.93. The van der Waals surface area contributed by atoms with Crippen LogP contribution >= 0.6 is 0 Å². The predicted molar refractivity (Wildman–Crippen MR) is 98.3 cm³/mol. The molecule has 1 aromatic rings. The maximum Gasteiger partial charge on any atom is 0.342 e. The minimum Gasteiger partial charge on any atom is -0.460 e. The average Bonchev–Trinajstić information content (AvgIpc) is 3.20. The van der Waals surface area contributed by atoms with Crippen molar-refractivity contribution in [1.29, 1.82) is 0 Å². The molecule has 1 saturated carbocycles. The van der Waals surface area contributed by atoms with Crippen LogP contribution in [0.5, 0.6) is 0 Å². The molecule has 1 fully saturated rings. The molecule has 0 unspecified atom stereocenters. The first kappa shape index (κ1) is 18.3. The lowest BCUT2D eigenvalue weighted by atomic mass is 9.54. The fourth-order valence-electron chi connectivity index (χ4n) is 6.05. The number of allylic oxidation sites excluding steroid dienone is 1. The quantitative estimate of drug-likeness (QED) is 0.671. The zero-order valence-corrected chi connectivity index (χ0v) is 16.8. The first-order valence-corrected chi connectivity index (χ1v) is 9.93. The van der Waals surface area contributed by atoms with Crippen molar-refractivity contribution in [2.24, 2.45) is 11.3 Å². The summed E-state index contributed by atoms with van der Waals surface area (Å²) in [5.41, 5.74) is 0.253. The highest BCUT2D eigenvalue weighted by atomic mass is 16.6. The molecule has 152 valence electrons. The van der Waals surface area contributed by atoms with Gasteiger partial charge in [0, 0.05) is 42.2 Å². The summed E-state index contributed by atoms with van der Waals surface area (Å²) < 4.78 is 16.9. The number of fused-ring (bicyclic) bond motifs is 3. The molecule has 0 N–H and O–H groups in total. The maximum absolute atomic E-state index is 13.6. The van der Waals surface area contributed by atoms with Crippen molar-refractivity contribution in [2.45, 2.75) is 64.6 Å². The van der Waals surface area contributed by atoms with Gasteiger partial charge in [0.05, 0.1) is 5.41 Å². The number of hydrogen-bond donors (Lipinski definition) is 0. The molecule has 1 aromatic heterocycles. The Hall–Kier alpha value is -2.70. The summed E-state index contributed by atoms with van der Waals surface area (Å²) in [5.74, 6) is -1.38. The summed E-state index contributed by atoms with van der Waals surface area (Å²) in [5, 5.41) is 0. The lowest BCUT2D eigenvalue weighted by Gasteiger charge is -2.51. The van der Waals surface area contributed by atoms with E-state index in [2.05, 4.69) is 0 Å². The van der Waals surface area contributed by atoms with Gasteiger partial charge in [-0.2, -0.15) is 0 Å². The molecular weight excluding hydrogens is 376 g/mol. The molecule has 3 aliphatic carbocycles. The predicted octanol–water partition coefficient (Wildman–Crippen LogP) is 2.91. The van der Waals surface area contributed by atoms with Gasteiger partial charge >= 0.3 is 11.9 Å². The molecule has 5 atom stereocenters. The van der Waals surface area contributed by atoms with E-state index in [9.17, 15) is 19.2 Å². The van der Waals surface area contributed by atoms with E-state index in [1.807, 2.05) is 13.8 Å². The number of furan rings is 1. The number of ketones is 2. The Balaban J connectivity index is 1.83. The molecule has 0 bridgehead atoms. The number of cyclic esters (lactones) is 1. The van der Waals surface area contributed by atoms with E-state index in [0.717, 1.165) is 0 Å². The van der Waals surface area contributed by atoms with Crippen molar-refractivity contribution in [2.75, 3.05) is 0 Å². The Morgan fingerprint density at radius 2 is 1.97 bits per heavy atom. The standard InChI is InChI=1S/C22H22O7/c1-9-22(4)16-11(20(26)28-9)8-27-19(16)18(25)15-12-5-6-14(24)21(12,3)7-13(17(15)22)29-10(2)23/h8-9,12-13H,5-7H2,1-4H3/t9-,12+,13-,21+,22+/m1/s1. The smallest absolute Gasteiger partial charge is 0.342 e. The van der Waals surface area contributed by atoms with Crippen LogP contribution in [0.2, 0.25) is 0 Å². The Morgan fingerprint density at radius 1 is 1.24 bits per heavy atom. The summed E-state index contributed by atoms with van der Waals surface area (Å²) in [6.45, 7) is 6.85. The van der Waals surface area contributed by atoms with Crippen molar-refractivity contribution < 1.29 is 33.1 Å². The number of esters is 2. The van der Waals surface area contributed by atoms with E-state index in [4.69, 9.17) is 13.9 Å². The summed E-state index contributed by atoms with van der Waals surface area (Å²) in [7, 11) is 0. The second-order valence-electron chi connectivity index (χ2n) is 8.99. The van der Waals surface area contributed by atoms with Crippen LogP contribution in [0.25, 0.3) is 0 Å². The van der Waals surface area contributed by atoms with Crippen LogP contribution in [-0.4, -0.2) is 35.7 Å². The second kappa shape index (κ2) is 5.46. The number of rotatable bonds is 1. The van der Waals surface area contributed by atoms with E-state index in [1.165, 1.54) is 13.2 Å². The van der Waals surface area contributed by atoms with Gasteiger partial charge in [0.15, 0.2) is 5.76 Å². The zero-order valence-electron chi connectivity index (χ0n) is 16.8. The third-order valence-corrected chi connectivity index (χ3v) is 7.58. The molecule has 1 aliphatic heterocycles. The Morgan fingerprint density at radius 3 is 2.66 bits per heavy atom. The molecule has 2 heterocycles. The molecule has 0 radical (unpaired) electrons. The molecule has 4 aliphatic rings. The maximum atomic E-state index is 13.6. The van der Waals surface area contributed by atoms with Crippen LogP contribution in [0.3, 0.4) is 0 Å². The van der Waals surface area contributed by atoms with Gasteiger partial charge in [-0.3, -0.25) is 14.4 Å². The van der Waals surface area contributed by atoms with E-state index in [-0.39, 0.29) is 28.8 Å². The third-order valence-electron chi connectivity index (χ3n) is 7.58. The Kier molecular flexibility index (Phi) is 3.45. The highest BCUT2D eigenvalue weighted by Crippen LogP contribution is 2.61. The fraction of sp³-hybridized carbons (Fsp3) is 0.545. The monoisotopic (exact) mass is 398 g/mol.